The minimum absolute atomic E-state index is 0.746. The van der Waals surface area contributed by atoms with Gasteiger partial charge in [-0.1, -0.05) is 0 Å². The van der Waals surface area contributed by atoms with Crippen molar-refractivity contribution in [2.24, 2.45) is 0 Å². The van der Waals surface area contributed by atoms with Gasteiger partial charge in [0.1, 0.15) is 5.75 Å². The van der Waals surface area contributed by atoms with E-state index in [1.165, 1.54) is 29.5 Å². The van der Waals surface area contributed by atoms with E-state index in [-0.39, 0.29) is 0 Å². The fourth-order valence-electron chi connectivity index (χ4n) is 2.21. The van der Waals surface area contributed by atoms with Gasteiger partial charge in [0.2, 0.25) is 0 Å². The van der Waals surface area contributed by atoms with Crippen LogP contribution in [0.25, 0.3) is 10.9 Å². The van der Waals surface area contributed by atoms with Gasteiger partial charge in [0.25, 0.3) is 0 Å². The number of rotatable bonds is 4. The number of aromatic amines is 1. The Balaban J connectivity index is 1.92. The van der Waals surface area contributed by atoms with E-state index < -0.39 is 0 Å². The van der Waals surface area contributed by atoms with Crippen molar-refractivity contribution in [3.63, 3.8) is 0 Å². The number of fused-ring (bicyclic) bond motifs is 1. The van der Waals surface area contributed by atoms with E-state index in [1.807, 2.05) is 6.07 Å². The maximum Gasteiger partial charge on any atom is 0.120 e. The molecule has 0 unspecified atom stereocenters. The molecule has 1 aliphatic rings. The molecule has 0 atom stereocenters. The Morgan fingerprint density at radius 2 is 2.24 bits per heavy atom. The molecule has 0 spiro atoms. The molecule has 3 heteroatoms. The molecular formula is C14H18N2O. The third-order valence-electron chi connectivity index (χ3n) is 3.51. The first kappa shape index (κ1) is 10.7. The molecule has 1 saturated carbocycles. The second-order valence-corrected chi connectivity index (χ2v) is 4.80. The van der Waals surface area contributed by atoms with Gasteiger partial charge in [0.15, 0.2) is 0 Å². The van der Waals surface area contributed by atoms with E-state index in [4.69, 9.17) is 4.74 Å². The summed E-state index contributed by atoms with van der Waals surface area (Å²) >= 11 is 0. The van der Waals surface area contributed by atoms with Gasteiger partial charge in [-0.15, -0.1) is 0 Å². The van der Waals surface area contributed by atoms with E-state index in [9.17, 15) is 0 Å². The first-order chi connectivity index (χ1) is 8.28. The van der Waals surface area contributed by atoms with Crippen LogP contribution < -0.4 is 10.1 Å². The molecule has 0 radical (unpaired) electrons. The van der Waals surface area contributed by atoms with Gasteiger partial charge < -0.3 is 15.0 Å². The highest BCUT2D eigenvalue weighted by Crippen LogP contribution is 2.26. The maximum absolute atomic E-state index is 5.24. The number of aromatic nitrogens is 1. The minimum atomic E-state index is 0.746. The SMILES string of the molecule is COc1ccc2c(C)c(CNC3CC3)[nH]c2c1. The Kier molecular flexibility index (Phi) is 2.56. The summed E-state index contributed by atoms with van der Waals surface area (Å²) in [4.78, 5) is 3.48. The van der Waals surface area contributed by atoms with Gasteiger partial charge in [-0.2, -0.15) is 0 Å². The molecule has 2 N–H and O–H groups in total. The summed E-state index contributed by atoms with van der Waals surface area (Å²) < 4.78 is 5.24. The van der Waals surface area contributed by atoms with Crippen molar-refractivity contribution < 1.29 is 4.74 Å². The standard InChI is InChI=1S/C14H18N2O/c1-9-12-6-5-11(17-2)7-13(12)16-14(9)8-15-10-3-4-10/h5-7,10,15-16H,3-4,8H2,1-2H3. The molecule has 17 heavy (non-hydrogen) atoms. The number of benzene rings is 1. The Morgan fingerprint density at radius 1 is 1.41 bits per heavy atom. The molecule has 0 saturated heterocycles. The summed E-state index contributed by atoms with van der Waals surface area (Å²) in [5.41, 5.74) is 3.80. The van der Waals surface area contributed by atoms with Crippen molar-refractivity contribution in [3.8, 4) is 5.75 Å². The summed E-state index contributed by atoms with van der Waals surface area (Å²) in [6.45, 7) is 3.11. The number of methoxy groups -OCH3 is 1. The lowest BCUT2D eigenvalue weighted by Crippen LogP contribution is -2.16. The van der Waals surface area contributed by atoms with Crippen LogP contribution in [0.4, 0.5) is 0 Å². The topological polar surface area (TPSA) is 37.0 Å². The number of ether oxygens (including phenoxy) is 1. The van der Waals surface area contributed by atoms with E-state index in [0.717, 1.165) is 23.9 Å². The van der Waals surface area contributed by atoms with Crippen LogP contribution in [0.15, 0.2) is 18.2 Å². The van der Waals surface area contributed by atoms with Crippen molar-refractivity contribution in [2.75, 3.05) is 7.11 Å². The molecule has 1 aliphatic carbocycles. The summed E-state index contributed by atoms with van der Waals surface area (Å²) in [5, 5.41) is 4.83. The molecule has 1 aromatic carbocycles. The number of nitrogens with one attached hydrogen (secondary N) is 2. The third-order valence-corrected chi connectivity index (χ3v) is 3.51. The molecule has 1 heterocycles. The normalized spacial score (nSPS) is 15.4. The van der Waals surface area contributed by atoms with Crippen LogP contribution >= 0.6 is 0 Å². The lowest BCUT2D eigenvalue weighted by Gasteiger charge is -2.01. The van der Waals surface area contributed by atoms with Crippen LogP contribution in [-0.4, -0.2) is 18.1 Å². The second kappa shape index (κ2) is 4.08. The first-order valence-corrected chi connectivity index (χ1v) is 6.16. The van der Waals surface area contributed by atoms with Crippen molar-refractivity contribution in [2.45, 2.75) is 32.4 Å². The first-order valence-electron chi connectivity index (χ1n) is 6.16. The van der Waals surface area contributed by atoms with Crippen LogP contribution in [0.2, 0.25) is 0 Å². The van der Waals surface area contributed by atoms with Crippen LogP contribution in [0.1, 0.15) is 24.1 Å². The fraction of sp³-hybridized carbons (Fsp3) is 0.429. The van der Waals surface area contributed by atoms with Gasteiger partial charge in [-0.05, 0) is 37.5 Å². The molecule has 1 fully saturated rings. The number of H-pyrrole nitrogens is 1. The average Bonchev–Trinajstić information content (AvgIpc) is 3.12. The Hall–Kier alpha value is -1.48. The van der Waals surface area contributed by atoms with E-state index in [2.05, 4.69) is 29.4 Å². The number of hydrogen-bond donors (Lipinski definition) is 2. The van der Waals surface area contributed by atoms with Crippen LogP contribution in [0, 0.1) is 6.92 Å². The monoisotopic (exact) mass is 230 g/mol. The highest BCUT2D eigenvalue weighted by Gasteiger charge is 2.20. The fourth-order valence-corrected chi connectivity index (χ4v) is 2.21. The van der Waals surface area contributed by atoms with Crippen LogP contribution in [0.3, 0.4) is 0 Å². The lowest BCUT2D eigenvalue weighted by molar-refractivity contribution is 0.415. The molecule has 2 aromatic rings. The minimum Gasteiger partial charge on any atom is -0.497 e. The zero-order chi connectivity index (χ0) is 11.8. The van der Waals surface area contributed by atoms with E-state index >= 15 is 0 Å². The summed E-state index contributed by atoms with van der Waals surface area (Å²) in [5.74, 6) is 0.903. The molecule has 0 amide bonds. The van der Waals surface area contributed by atoms with Crippen molar-refractivity contribution in [3.05, 3.63) is 29.5 Å². The molecule has 1 aromatic heterocycles. The highest BCUT2D eigenvalue weighted by molar-refractivity contribution is 5.85. The van der Waals surface area contributed by atoms with Crippen molar-refractivity contribution >= 4 is 10.9 Å². The number of aryl methyl sites for hydroxylation is 1. The van der Waals surface area contributed by atoms with Gasteiger partial charge in [0.05, 0.1) is 7.11 Å². The Bertz CT molecular complexity index is 540. The van der Waals surface area contributed by atoms with Crippen molar-refractivity contribution in [1.29, 1.82) is 0 Å². The molecule has 90 valence electrons. The number of hydrogen-bond acceptors (Lipinski definition) is 2. The van der Waals surface area contributed by atoms with Gasteiger partial charge in [0, 0.05) is 35.2 Å². The molecule has 3 rings (SSSR count). The predicted molar refractivity (Wildman–Crippen MR) is 69.4 cm³/mol. The molecule has 0 aliphatic heterocycles. The smallest absolute Gasteiger partial charge is 0.120 e. The average molecular weight is 230 g/mol. The zero-order valence-corrected chi connectivity index (χ0v) is 10.3. The van der Waals surface area contributed by atoms with E-state index in [1.54, 1.807) is 7.11 Å². The van der Waals surface area contributed by atoms with Crippen LogP contribution in [0.5, 0.6) is 5.75 Å². The molecule has 0 bridgehead atoms. The van der Waals surface area contributed by atoms with Gasteiger partial charge >= 0.3 is 0 Å². The summed E-state index contributed by atoms with van der Waals surface area (Å²) in [6.07, 6.45) is 2.65. The largest absolute Gasteiger partial charge is 0.497 e. The quantitative estimate of drug-likeness (QED) is 0.847. The third kappa shape index (κ3) is 2.03. The Labute approximate surface area is 101 Å². The maximum atomic E-state index is 5.24. The molecule has 3 nitrogen and oxygen atoms in total. The van der Waals surface area contributed by atoms with Gasteiger partial charge in [-0.25, -0.2) is 0 Å². The zero-order valence-electron chi connectivity index (χ0n) is 10.3. The predicted octanol–water partition coefficient (Wildman–Crippen LogP) is 2.74. The Morgan fingerprint density at radius 3 is 2.94 bits per heavy atom. The highest BCUT2D eigenvalue weighted by atomic mass is 16.5. The summed E-state index contributed by atoms with van der Waals surface area (Å²) in [7, 11) is 1.70. The lowest BCUT2D eigenvalue weighted by atomic mass is 10.1. The van der Waals surface area contributed by atoms with E-state index in [0.29, 0.717) is 0 Å². The van der Waals surface area contributed by atoms with Gasteiger partial charge in [-0.3, -0.25) is 0 Å². The second-order valence-electron chi connectivity index (χ2n) is 4.80. The molecular weight excluding hydrogens is 212 g/mol. The summed E-state index contributed by atoms with van der Waals surface area (Å²) in [6, 6.07) is 6.94. The van der Waals surface area contributed by atoms with Crippen LogP contribution in [-0.2, 0) is 6.54 Å². The van der Waals surface area contributed by atoms with Crippen molar-refractivity contribution in [1.82, 2.24) is 10.3 Å².